The molecule has 17 heavy (non-hydrogen) atoms. The lowest BCUT2D eigenvalue weighted by atomic mass is 10.1. The molecule has 0 fully saturated rings. The number of carbonyl (C=O) groups is 1. The normalized spacial score (nSPS) is 10.5. The Bertz CT molecular complexity index is 590. The third kappa shape index (κ3) is 2.04. The first-order chi connectivity index (χ1) is 8.02. The standard InChI is InChI=1S/C12H9Cl2NO2/c1-15-9(5-6-10(15)12(16)17)7-3-2-4-8(13)11(7)14/h2-6H,1H3,(H,16,17). The van der Waals surface area contributed by atoms with E-state index in [4.69, 9.17) is 28.3 Å². The number of aromatic nitrogens is 1. The van der Waals surface area contributed by atoms with Crippen LogP contribution >= 0.6 is 23.2 Å². The summed E-state index contributed by atoms with van der Waals surface area (Å²) in [4.78, 5) is 10.9. The van der Waals surface area contributed by atoms with E-state index >= 15 is 0 Å². The van der Waals surface area contributed by atoms with Crippen LogP contribution in [0.2, 0.25) is 10.0 Å². The molecule has 1 heterocycles. The predicted octanol–water partition coefficient (Wildman–Crippen LogP) is 3.70. The maximum Gasteiger partial charge on any atom is 0.352 e. The van der Waals surface area contributed by atoms with Crippen molar-refractivity contribution in [1.82, 2.24) is 4.57 Å². The zero-order valence-electron chi connectivity index (χ0n) is 8.95. The number of hydrogen-bond donors (Lipinski definition) is 1. The van der Waals surface area contributed by atoms with Crippen molar-refractivity contribution in [2.45, 2.75) is 0 Å². The summed E-state index contributed by atoms with van der Waals surface area (Å²) < 4.78 is 1.57. The van der Waals surface area contributed by atoms with Crippen LogP contribution in [0.3, 0.4) is 0 Å². The third-order valence-electron chi connectivity index (χ3n) is 2.57. The van der Waals surface area contributed by atoms with Crippen LogP contribution in [0, 0.1) is 0 Å². The van der Waals surface area contributed by atoms with Crippen LogP contribution in [0.15, 0.2) is 30.3 Å². The predicted molar refractivity (Wildman–Crippen MR) is 67.8 cm³/mol. The number of aromatic carboxylic acids is 1. The molecule has 3 nitrogen and oxygen atoms in total. The van der Waals surface area contributed by atoms with Crippen LogP contribution in [0.25, 0.3) is 11.3 Å². The number of carboxylic acid groups (broad SMARTS) is 1. The highest BCUT2D eigenvalue weighted by atomic mass is 35.5. The fraction of sp³-hybridized carbons (Fsp3) is 0.0833. The van der Waals surface area contributed by atoms with Crippen molar-refractivity contribution < 1.29 is 9.90 Å². The van der Waals surface area contributed by atoms with Crippen LogP contribution < -0.4 is 0 Å². The van der Waals surface area contributed by atoms with Gasteiger partial charge in [0.2, 0.25) is 0 Å². The Morgan fingerprint density at radius 1 is 1.24 bits per heavy atom. The van der Waals surface area contributed by atoms with Gasteiger partial charge in [-0.15, -0.1) is 0 Å². The third-order valence-corrected chi connectivity index (χ3v) is 3.39. The first kappa shape index (κ1) is 12.0. The van der Waals surface area contributed by atoms with Gasteiger partial charge in [0, 0.05) is 18.3 Å². The molecule has 0 amide bonds. The summed E-state index contributed by atoms with van der Waals surface area (Å²) in [6.45, 7) is 0. The molecule has 2 aromatic rings. The molecule has 1 aromatic carbocycles. The monoisotopic (exact) mass is 269 g/mol. The molecular formula is C12H9Cl2NO2. The van der Waals surface area contributed by atoms with Gasteiger partial charge < -0.3 is 9.67 Å². The maximum absolute atomic E-state index is 10.9. The first-order valence-corrected chi connectivity index (χ1v) is 5.61. The minimum absolute atomic E-state index is 0.205. The van der Waals surface area contributed by atoms with Crippen molar-refractivity contribution in [3.63, 3.8) is 0 Å². The van der Waals surface area contributed by atoms with Gasteiger partial charge in [-0.2, -0.15) is 0 Å². The fourth-order valence-electron chi connectivity index (χ4n) is 1.70. The zero-order valence-corrected chi connectivity index (χ0v) is 10.5. The zero-order chi connectivity index (χ0) is 12.6. The lowest BCUT2D eigenvalue weighted by Crippen LogP contribution is -2.05. The molecule has 1 aromatic heterocycles. The molecule has 0 aliphatic rings. The average molecular weight is 270 g/mol. The summed E-state index contributed by atoms with van der Waals surface area (Å²) in [6.07, 6.45) is 0. The van der Waals surface area contributed by atoms with E-state index in [0.717, 1.165) is 5.69 Å². The lowest BCUT2D eigenvalue weighted by Gasteiger charge is -2.08. The molecule has 0 aliphatic carbocycles. The Balaban J connectivity index is 2.62. The summed E-state index contributed by atoms with van der Waals surface area (Å²) >= 11 is 12.0. The number of carboxylic acids is 1. The van der Waals surface area contributed by atoms with Gasteiger partial charge in [-0.3, -0.25) is 0 Å². The highest BCUT2D eigenvalue weighted by Gasteiger charge is 2.14. The van der Waals surface area contributed by atoms with E-state index in [-0.39, 0.29) is 5.69 Å². The van der Waals surface area contributed by atoms with E-state index < -0.39 is 5.97 Å². The highest BCUT2D eigenvalue weighted by Crippen LogP contribution is 2.33. The molecule has 88 valence electrons. The van der Waals surface area contributed by atoms with Crippen LogP contribution in [0.1, 0.15) is 10.5 Å². The molecule has 0 unspecified atom stereocenters. The summed E-state index contributed by atoms with van der Waals surface area (Å²) in [5.74, 6) is -0.975. The minimum atomic E-state index is -0.975. The van der Waals surface area contributed by atoms with Gasteiger partial charge in [-0.25, -0.2) is 4.79 Å². The second-order valence-electron chi connectivity index (χ2n) is 3.57. The summed E-state index contributed by atoms with van der Waals surface area (Å²) in [6, 6.07) is 8.51. The second kappa shape index (κ2) is 4.43. The molecule has 1 N–H and O–H groups in total. The number of hydrogen-bond acceptors (Lipinski definition) is 1. The fourth-order valence-corrected chi connectivity index (χ4v) is 2.10. The summed E-state index contributed by atoms with van der Waals surface area (Å²) in [7, 11) is 1.68. The Morgan fingerprint density at radius 2 is 1.94 bits per heavy atom. The van der Waals surface area contributed by atoms with E-state index in [2.05, 4.69) is 0 Å². The van der Waals surface area contributed by atoms with Crippen molar-refractivity contribution >= 4 is 29.2 Å². The molecule has 0 spiro atoms. The van der Waals surface area contributed by atoms with E-state index in [1.807, 2.05) is 0 Å². The van der Waals surface area contributed by atoms with E-state index in [0.29, 0.717) is 15.6 Å². The summed E-state index contributed by atoms with van der Waals surface area (Å²) in [5.41, 5.74) is 1.64. The number of halogens is 2. The van der Waals surface area contributed by atoms with Gasteiger partial charge in [0.05, 0.1) is 10.0 Å². The van der Waals surface area contributed by atoms with Gasteiger partial charge in [0.25, 0.3) is 0 Å². The molecule has 0 saturated heterocycles. The topological polar surface area (TPSA) is 42.2 Å². The van der Waals surface area contributed by atoms with E-state index in [9.17, 15) is 4.79 Å². The Kier molecular flexibility index (Phi) is 3.13. The van der Waals surface area contributed by atoms with Crippen molar-refractivity contribution in [3.05, 3.63) is 46.1 Å². The number of rotatable bonds is 2. The van der Waals surface area contributed by atoms with Crippen molar-refractivity contribution in [2.75, 3.05) is 0 Å². The molecule has 0 saturated carbocycles. The molecular weight excluding hydrogens is 261 g/mol. The Labute approximate surface area is 108 Å². The van der Waals surface area contributed by atoms with Crippen molar-refractivity contribution in [3.8, 4) is 11.3 Å². The van der Waals surface area contributed by atoms with E-state index in [1.165, 1.54) is 6.07 Å². The van der Waals surface area contributed by atoms with Gasteiger partial charge in [0.1, 0.15) is 5.69 Å². The average Bonchev–Trinajstić information content (AvgIpc) is 2.64. The maximum atomic E-state index is 10.9. The smallest absolute Gasteiger partial charge is 0.352 e. The van der Waals surface area contributed by atoms with Crippen molar-refractivity contribution in [1.29, 1.82) is 0 Å². The van der Waals surface area contributed by atoms with Crippen molar-refractivity contribution in [2.24, 2.45) is 7.05 Å². The quantitative estimate of drug-likeness (QED) is 0.904. The molecule has 0 bridgehead atoms. The van der Waals surface area contributed by atoms with Crippen LogP contribution in [0.4, 0.5) is 0 Å². The van der Waals surface area contributed by atoms with E-state index in [1.54, 1.807) is 35.9 Å². The molecule has 0 radical (unpaired) electrons. The molecule has 5 heteroatoms. The highest BCUT2D eigenvalue weighted by molar-refractivity contribution is 6.43. The van der Waals surface area contributed by atoms with Crippen LogP contribution in [0.5, 0.6) is 0 Å². The Morgan fingerprint density at radius 3 is 2.53 bits per heavy atom. The van der Waals surface area contributed by atoms with Gasteiger partial charge >= 0.3 is 5.97 Å². The number of benzene rings is 1. The molecule has 2 rings (SSSR count). The lowest BCUT2D eigenvalue weighted by molar-refractivity contribution is 0.0687. The largest absolute Gasteiger partial charge is 0.477 e. The molecule has 0 aliphatic heterocycles. The van der Waals surface area contributed by atoms with Gasteiger partial charge in [-0.1, -0.05) is 35.3 Å². The summed E-state index contributed by atoms with van der Waals surface area (Å²) in [5, 5.41) is 9.84. The molecule has 0 atom stereocenters. The Hall–Kier alpha value is -1.45. The van der Waals surface area contributed by atoms with Crippen LogP contribution in [-0.4, -0.2) is 15.6 Å². The minimum Gasteiger partial charge on any atom is -0.477 e. The SMILES string of the molecule is Cn1c(C(=O)O)ccc1-c1cccc(Cl)c1Cl. The van der Waals surface area contributed by atoms with Gasteiger partial charge in [0.15, 0.2) is 0 Å². The van der Waals surface area contributed by atoms with Gasteiger partial charge in [-0.05, 0) is 18.2 Å². The first-order valence-electron chi connectivity index (χ1n) is 4.85. The van der Waals surface area contributed by atoms with Crippen LogP contribution in [-0.2, 0) is 7.05 Å². The number of nitrogens with zero attached hydrogens (tertiary/aromatic N) is 1. The second-order valence-corrected chi connectivity index (χ2v) is 4.35.